The van der Waals surface area contributed by atoms with Gasteiger partial charge in [0, 0.05) is 17.8 Å². The van der Waals surface area contributed by atoms with Gasteiger partial charge in [0.25, 0.3) is 0 Å². The fourth-order valence-corrected chi connectivity index (χ4v) is 4.11. The Hall–Kier alpha value is -1.77. The molecule has 0 spiro atoms. The van der Waals surface area contributed by atoms with Crippen LogP contribution in [0.15, 0.2) is 36.5 Å². The van der Waals surface area contributed by atoms with Gasteiger partial charge < -0.3 is 9.88 Å². The van der Waals surface area contributed by atoms with E-state index < -0.39 is 0 Å². The van der Waals surface area contributed by atoms with E-state index in [9.17, 15) is 4.79 Å². The van der Waals surface area contributed by atoms with E-state index in [1.54, 1.807) is 0 Å². The fraction of sp³-hybridized carbons (Fsp3) is 0.471. The maximum absolute atomic E-state index is 12.3. The number of nitrogens with zero attached hydrogens (tertiary/aromatic N) is 1. The van der Waals surface area contributed by atoms with Crippen LogP contribution in [-0.4, -0.2) is 16.5 Å². The van der Waals surface area contributed by atoms with E-state index in [1.165, 1.54) is 31.1 Å². The third kappa shape index (κ3) is 2.01. The number of hydrogen-bond donors (Lipinski definition) is 1. The van der Waals surface area contributed by atoms with Gasteiger partial charge in [0.1, 0.15) is 6.54 Å². The first kappa shape index (κ1) is 12.0. The van der Waals surface area contributed by atoms with Crippen LogP contribution in [0, 0.1) is 11.8 Å². The monoisotopic (exact) mass is 268 g/mol. The van der Waals surface area contributed by atoms with E-state index in [2.05, 4.69) is 23.5 Å². The molecule has 1 N–H and O–H groups in total. The lowest BCUT2D eigenvalue weighted by Crippen LogP contribution is -2.40. The van der Waals surface area contributed by atoms with Crippen molar-refractivity contribution < 1.29 is 4.79 Å². The molecule has 3 nitrogen and oxygen atoms in total. The fourth-order valence-electron chi connectivity index (χ4n) is 4.11. The van der Waals surface area contributed by atoms with Crippen LogP contribution >= 0.6 is 0 Å². The molecule has 3 atom stereocenters. The van der Waals surface area contributed by atoms with Crippen LogP contribution in [0.5, 0.6) is 0 Å². The molecule has 0 aliphatic heterocycles. The Balaban J connectivity index is 1.45. The van der Waals surface area contributed by atoms with Crippen molar-refractivity contribution in [2.45, 2.75) is 38.3 Å². The molecule has 2 aliphatic carbocycles. The van der Waals surface area contributed by atoms with E-state index in [0.717, 1.165) is 17.4 Å². The quantitative estimate of drug-likeness (QED) is 0.912. The summed E-state index contributed by atoms with van der Waals surface area (Å²) in [7, 11) is 0. The van der Waals surface area contributed by atoms with Crippen molar-refractivity contribution in [1.29, 1.82) is 0 Å². The van der Waals surface area contributed by atoms with Crippen LogP contribution in [0.25, 0.3) is 10.9 Å². The number of fused-ring (bicyclic) bond motifs is 3. The van der Waals surface area contributed by atoms with Crippen LogP contribution in [0.3, 0.4) is 0 Å². The molecule has 4 rings (SSSR count). The molecule has 1 aromatic heterocycles. The third-order valence-electron chi connectivity index (χ3n) is 5.08. The molecule has 2 saturated carbocycles. The molecule has 2 aliphatic rings. The molecule has 0 unspecified atom stereocenters. The van der Waals surface area contributed by atoms with Gasteiger partial charge in [-0.2, -0.15) is 0 Å². The van der Waals surface area contributed by atoms with E-state index in [0.29, 0.717) is 12.6 Å². The smallest absolute Gasteiger partial charge is 0.240 e. The van der Waals surface area contributed by atoms with Crippen LogP contribution in [0.2, 0.25) is 0 Å². The number of nitrogens with one attached hydrogen (secondary N) is 1. The second-order valence-corrected chi connectivity index (χ2v) is 6.35. The summed E-state index contributed by atoms with van der Waals surface area (Å²) in [6.45, 7) is 0.432. The highest BCUT2D eigenvalue weighted by atomic mass is 16.2. The predicted molar refractivity (Wildman–Crippen MR) is 79.3 cm³/mol. The minimum atomic E-state index is 0.156. The number of aromatic nitrogens is 1. The Labute approximate surface area is 119 Å². The predicted octanol–water partition coefficient (Wildman–Crippen LogP) is 2.95. The second kappa shape index (κ2) is 4.65. The lowest BCUT2D eigenvalue weighted by molar-refractivity contribution is -0.122. The summed E-state index contributed by atoms with van der Waals surface area (Å²) < 4.78 is 2.04. The first-order valence-corrected chi connectivity index (χ1v) is 7.63. The van der Waals surface area contributed by atoms with Crippen LogP contribution in [0.4, 0.5) is 0 Å². The molecular formula is C17H20N2O. The molecule has 0 saturated heterocycles. The zero-order valence-electron chi connectivity index (χ0n) is 11.6. The zero-order chi connectivity index (χ0) is 13.5. The summed E-state index contributed by atoms with van der Waals surface area (Å²) >= 11 is 0. The number of carbonyl (C=O) groups excluding carboxylic acids is 1. The molecule has 2 bridgehead atoms. The minimum Gasteiger partial charge on any atom is -0.352 e. The number of carbonyl (C=O) groups is 1. The van der Waals surface area contributed by atoms with Crippen molar-refractivity contribution in [1.82, 2.24) is 9.88 Å². The molecule has 2 fully saturated rings. The van der Waals surface area contributed by atoms with Crippen LogP contribution < -0.4 is 5.32 Å². The molecule has 3 heteroatoms. The Kier molecular flexibility index (Phi) is 2.79. The topological polar surface area (TPSA) is 34.0 Å². The van der Waals surface area contributed by atoms with Crippen molar-refractivity contribution >= 4 is 16.8 Å². The van der Waals surface area contributed by atoms with Gasteiger partial charge in [-0.05, 0) is 48.6 Å². The van der Waals surface area contributed by atoms with Crippen molar-refractivity contribution in [3.05, 3.63) is 36.5 Å². The summed E-state index contributed by atoms with van der Waals surface area (Å²) in [5.74, 6) is 1.77. The molecule has 20 heavy (non-hydrogen) atoms. The molecule has 1 heterocycles. The van der Waals surface area contributed by atoms with Gasteiger partial charge in [0.05, 0.1) is 0 Å². The first-order valence-electron chi connectivity index (χ1n) is 7.63. The molecule has 1 amide bonds. The van der Waals surface area contributed by atoms with Crippen molar-refractivity contribution in [3.63, 3.8) is 0 Å². The first-order chi connectivity index (χ1) is 9.79. The van der Waals surface area contributed by atoms with Crippen LogP contribution in [0.1, 0.15) is 25.7 Å². The third-order valence-corrected chi connectivity index (χ3v) is 5.08. The summed E-state index contributed by atoms with van der Waals surface area (Å²) in [4.78, 5) is 12.3. The molecule has 0 radical (unpaired) electrons. The average molecular weight is 268 g/mol. The highest BCUT2D eigenvalue weighted by Crippen LogP contribution is 2.44. The SMILES string of the molecule is O=C(Cn1ccc2ccccc21)N[C@H]1C[C@H]2CC[C@H]1C2. The molecule has 1 aromatic carbocycles. The maximum Gasteiger partial charge on any atom is 0.240 e. The van der Waals surface area contributed by atoms with Gasteiger partial charge in [-0.1, -0.05) is 24.6 Å². The van der Waals surface area contributed by atoms with Gasteiger partial charge in [-0.3, -0.25) is 4.79 Å². The number of amides is 1. The largest absolute Gasteiger partial charge is 0.352 e. The van der Waals surface area contributed by atoms with Crippen molar-refractivity contribution in [3.8, 4) is 0 Å². The molecule has 2 aromatic rings. The van der Waals surface area contributed by atoms with Crippen molar-refractivity contribution in [2.24, 2.45) is 11.8 Å². The van der Waals surface area contributed by atoms with E-state index >= 15 is 0 Å². The number of para-hydroxylation sites is 1. The average Bonchev–Trinajstić information content (AvgIpc) is 3.14. The molecular weight excluding hydrogens is 248 g/mol. The van der Waals surface area contributed by atoms with E-state index in [-0.39, 0.29) is 5.91 Å². The Morgan fingerprint density at radius 1 is 1.20 bits per heavy atom. The number of benzene rings is 1. The summed E-state index contributed by atoms with van der Waals surface area (Å²) in [5, 5.41) is 4.45. The van der Waals surface area contributed by atoms with Gasteiger partial charge in [-0.15, -0.1) is 0 Å². The summed E-state index contributed by atoms with van der Waals surface area (Å²) in [5.41, 5.74) is 1.13. The lowest BCUT2D eigenvalue weighted by Gasteiger charge is -2.23. The van der Waals surface area contributed by atoms with E-state index in [4.69, 9.17) is 0 Å². The highest BCUT2D eigenvalue weighted by Gasteiger charge is 2.39. The van der Waals surface area contributed by atoms with Crippen molar-refractivity contribution in [2.75, 3.05) is 0 Å². The summed E-state index contributed by atoms with van der Waals surface area (Å²) in [6, 6.07) is 10.7. The Bertz CT molecular complexity index is 645. The van der Waals surface area contributed by atoms with Crippen LogP contribution in [-0.2, 0) is 11.3 Å². The van der Waals surface area contributed by atoms with Gasteiger partial charge in [0.2, 0.25) is 5.91 Å². The van der Waals surface area contributed by atoms with E-state index in [1.807, 2.05) is 22.9 Å². The minimum absolute atomic E-state index is 0.156. The number of hydrogen-bond acceptors (Lipinski definition) is 1. The Morgan fingerprint density at radius 3 is 2.90 bits per heavy atom. The van der Waals surface area contributed by atoms with Gasteiger partial charge in [-0.25, -0.2) is 0 Å². The summed E-state index contributed by atoms with van der Waals surface area (Å²) in [6.07, 6.45) is 7.21. The molecule has 104 valence electrons. The van der Waals surface area contributed by atoms with Gasteiger partial charge >= 0.3 is 0 Å². The standard InChI is InChI=1S/C17H20N2O/c20-17(18-15-10-12-5-6-14(15)9-12)11-19-8-7-13-3-1-2-4-16(13)19/h1-4,7-8,12,14-15H,5-6,9-11H2,(H,18,20)/t12-,14-,15-/m0/s1. The zero-order valence-corrected chi connectivity index (χ0v) is 11.6. The normalized spacial score (nSPS) is 28.1. The van der Waals surface area contributed by atoms with Gasteiger partial charge in [0.15, 0.2) is 0 Å². The second-order valence-electron chi connectivity index (χ2n) is 6.35. The Morgan fingerprint density at radius 2 is 2.10 bits per heavy atom. The maximum atomic E-state index is 12.3. The lowest BCUT2D eigenvalue weighted by atomic mass is 9.95. The number of rotatable bonds is 3. The highest BCUT2D eigenvalue weighted by molar-refractivity contribution is 5.83.